The van der Waals surface area contributed by atoms with Gasteiger partial charge in [-0.1, -0.05) is 6.07 Å². The number of nitrogens with zero attached hydrogens (tertiary/aromatic N) is 1. The monoisotopic (exact) mass is 277 g/mol. The van der Waals surface area contributed by atoms with Gasteiger partial charge in [-0.05, 0) is 30.5 Å². The number of rotatable bonds is 5. The van der Waals surface area contributed by atoms with E-state index in [9.17, 15) is 17.6 Å². The topological polar surface area (TPSA) is 23.5 Å². The fourth-order valence-electron chi connectivity index (χ4n) is 2.08. The molecule has 0 atom stereocenters. The Labute approximate surface area is 108 Å². The lowest BCUT2D eigenvalue weighted by Gasteiger charge is -2.21. The first kappa shape index (κ1) is 14.3. The number of aliphatic hydroxyl groups is 1. The Morgan fingerprint density at radius 1 is 1.26 bits per heavy atom. The zero-order valence-corrected chi connectivity index (χ0v) is 10.3. The van der Waals surface area contributed by atoms with Gasteiger partial charge in [-0.2, -0.15) is 13.2 Å². The first-order valence-corrected chi connectivity index (χ1v) is 6.12. The van der Waals surface area contributed by atoms with Gasteiger partial charge in [0.15, 0.2) is 0 Å². The van der Waals surface area contributed by atoms with Crippen LogP contribution in [0.25, 0.3) is 0 Å². The van der Waals surface area contributed by atoms with Crippen molar-refractivity contribution in [2.75, 3.05) is 13.2 Å². The molecule has 106 valence electrons. The van der Waals surface area contributed by atoms with Crippen molar-refractivity contribution in [3.63, 3.8) is 0 Å². The number of alkyl halides is 3. The Bertz CT molecular complexity index is 443. The van der Waals surface area contributed by atoms with Crippen molar-refractivity contribution < 1.29 is 22.7 Å². The number of hydrogen-bond donors (Lipinski definition) is 1. The first-order chi connectivity index (χ1) is 8.91. The average Bonchev–Trinajstić information content (AvgIpc) is 3.13. The zero-order valence-electron chi connectivity index (χ0n) is 10.3. The van der Waals surface area contributed by atoms with E-state index in [4.69, 9.17) is 5.11 Å². The molecule has 1 aliphatic carbocycles. The van der Waals surface area contributed by atoms with Crippen LogP contribution in [0.5, 0.6) is 0 Å². The van der Waals surface area contributed by atoms with Gasteiger partial charge in [0.2, 0.25) is 0 Å². The van der Waals surface area contributed by atoms with E-state index < -0.39 is 17.6 Å². The molecule has 1 aromatic rings. The molecule has 0 saturated heterocycles. The van der Waals surface area contributed by atoms with Crippen molar-refractivity contribution in [3.8, 4) is 0 Å². The summed E-state index contributed by atoms with van der Waals surface area (Å²) in [7, 11) is 0. The second-order valence-electron chi connectivity index (χ2n) is 4.74. The molecule has 0 radical (unpaired) electrons. The summed E-state index contributed by atoms with van der Waals surface area (Å²) in [5, 5.41) is 8.94. The quantitative estimate of drug-likeness (QED) is 0.837. The third-order valence-electron chi connectivity index (χ3n) is 3.17. The lowest BCUT2D eigenvalue weighted by molar-refractivity contribution is -0.140. The van der Waals surface area contributed by atoms with Gasteiger partial charge >= 0.3 is 6.18 Å². The van der Waals surface area contributed by atoms with Gasteiger partial charge in [0.05, 0.1) is 12.2 Å². The van der Waals surface area contributed by atoms with E-state index in [2.05, 4.69) is 0 Å². The van der Waals surface area contributed by atoms with E-state index in [0.717, 1.165) is 25.0 Å². The molecule has 0 spiro atoms. The molecule has 6 heteroatoms. The van der Waals surface area contributed by atoms with E-state index in [1.165, 1.54) is 6.07 Å². The van der Waals surface area contributed by atoms with Crippen LogP contribution in [0.4, 0.5) is 17.6 Å². The molecule has 1 saturated carbocycles. The van der Waals surface area contributed by atoms with Crippen LogP contribution in [0.1, 0.15) is 24.0 Å². The molecular formula is C13H15F4NO. The molecule has 19 heavy (non-hydrogen) atoms. The van der Waals surface area contributed by atoms with Crippen LogP contribution in [0.15, 0.2) is 18.2 Å². The van der Waals surface area contributed by atoms with Gasteiger partial charge in [0, 0.05) is 19.1 Å². The molecule has 2 nitrogen and oxygen atoms in total. The summed E-state index contributed by atoms with van der Waals surface area (Å²) in [6, 6.07) is 3.38. The molecule has 0 unspecified atom stereocenters. The van der Waals surface area contributed by atoms with Crippen molar-refractivity contribution in [2.24, 2.45) is 0 Å². The molecule has 1 aromatic carbocycles. The van der Waals surface area contributed by atoms with E-state index in [1.807, 2.05) is 4.90 Å². The lowest BCUT2D eigenvalue weighted by atomic mass is 10.1. The van der Waals surface area contributed by atoms with Gasteiger partial charge in [-0.15, -0.1) is 0 Å². The summed E-state index contributed by atoms with van der Waals surface area (Å²) in [5.74, 6) is -1.25. The summed E-state index contributed by atoms with van der Waals surface area (Å²) in [5.41, 5.74) is -0.821. The standard InChI is InChI=1S/C13H15F4NO/c14-12-4-1-9(7-11(12)13(15,16)17)8-18(5-6-19)10-2-3-10/h1,4,7,10,19H,2-3,5-6,8H2. The van der Waals surface area contributed by atoms with E-state index in [0.29, 0.717) is 24.7 Å². The van der Waals surface area contributed by atoms with Crippen LogP contribution >= 0.6 is 0 Å². The zero-order chi connectivity index (χ0) is 14.0. The van der Waals surface area contributed by atoms with Crippen molar-refractivity contribution in [3.05, 3.63) is 35.1 Å². The minimum atomic E-state index is -4.68. The second-order valence-corrected chi connectivity index (χ2v) is 4.74. The predicted molar refractivity (Wildman–Crippen MR) is 61.9 cm³/mol. The third kappa shape index (κ3) is 3.67. The van der Waals surface area contributed by atoms with E-state index in [-0.39, 0.29) is 6.61 Å². The lowest BCUT2D eigenvalue weighted by Crippen LogP contribution is -2.28. The Balaban J connectivity index is 2.16. The van der Waals surface area contributed by atoms with Crippen LogP contribution in [-0.4, -0.2) is 29.2 Å². The summed E-state index contributed by atoms with van der Waals surface area (Å²) < 4.78 is 50.9. The maximum Gasteiger partial charge on any atom is 0.419 e. The predicted octanol–water partition coefficient (Wildman–Crippen LogP) is 2.80. The molecule has 0 bridgehead atoms. The number of halogens is 4. The fourth-order valence-corrected chi connectivity index (χ4v) is 2.08. The number of hydrogen-bond acceptors (Lipinski definition) is 2. The number of benzene rings is 1. The molecule has 1 N–H and O–H groups in total. The highest BCUT2D eigenvalue weighted by Crippen LogP contribution is 2.33. The Morgan fingerprint density at radius 2 is 1.95 bits per heavy atom. The van der Waals surface area contributed by atoms with E-state index in [1.54, 1.807) is 0 Å². The van der Waals surface area contributed by atoms with Crippen LogP contribution in [0, 0.1) is 5.82 Å². The van der Waals surface area contributed by atoms with Crippen LogP contribution in [0.2, 0.25) is 0 Å². The highest BCUT2D eigenvalue weighted by atomic mass is 19.4. The molecule has 1 aliphatic rings. The minimum Gasteiger partial charge on any atom is -0.395 e. The second kappa shape index (κ2) is 5.46. The van der Waals surface area contributed by atoms with Crippen molar-refractivity contribution in [1.82, 2.24) is 4.90 Å². The molecule has 0 aliphatic heterocycles. The van der Waals surface area contributed by atoms with Crippen LogP contribution < -0.4 is 0 Å². The summed E-state index contributed by atoms with van der Waals surface area (Å²) in [6.07, 6.45) is -2.69. The maximum atomic E-state index is 13.1. The van der Waals surface area contributed by atoms with Gasteiger partial charge < -0.3 is 5.11 Å². The van der Waals surface area contributed by atoms with Crippen molar-refractivity contribution >= 4 is 0 Å². The summed E-state index contributed by atoms with van der Waals surface area (Å²) in [6.45, 7) is 0.682. The Kier molecular flexibility index (Phi) is 4.10. The van der Waals surface area contributed by atoms with Crippen LogP contribution in [-0.2, 0) is 12.7 Å². The van der Waals surface area contributed by atoms with Gasteiger partial charge in [0.25, 0.3) is 0 Å². The fraction of sp³-hybridized carbons (Fsp3) is 0.538. The smallest absolute Gasteiger partial charge is 0.395 e. The Hall–Kier alpha value is -1.14. The molecule has 0 heterocycles. The highest BCUT2D eigenvalue weighted by Gasteiger charge is 2.35. The molecule has 1 fully saturated rings. The largest absolute Gasteiger partial charge is 0.419 e. The van der Waals surface area contributed by atoms with Gasteiger partial charge in [-0.25, -0.2) is 4.39 Å². The average molecular weight is 277 g/mol. The Morgan fingerprint density at radius 3 is 2.47 bits per heavy atom. The molecule has 2 rings (SSSR count). The summed E-state index contributed by atoms with van der Waals surface area (Å²) in [4.78, 5) is 1.92. The first-order valence-electron chi connectivity index (χ1n) is 6.12. The van der Waals surface area contributed by atoms with E-state index >= 15 is 0 Å². The van der Waals surface area contributed by atoms with Gasteiger partial charge in [0.1, 0.15) is 5.82 Å². The minimum absolute atomic E-state index is 0.0379. The normalized spacial score (nSPS) is 16.1. The van der Waals surface area contributed by atoms with Crippen molar-refractivity contribution in [2.45, 2.75) is 31.6 Å². The van der Waals surface area contributed by atoms with Gasteiger partial charge in [-0.3, -0.25) is 4.90 Å². The summed E-state index contributed by atoms with van der Waals surface area (Å²) >= 11 is 0. The SMILES string of the molecule is OCCN(Cc1ccc(F)c(C(F)(F)F)c1)C1CC1. The highest BCUT2D eigenvalue weighted by molar-refractivity contribution is 5.27. The molecule has 0 aromatic heterocycles. The maximum absolute atomic E-state index is 13.1. The molecule has 0 amide bonds. The molecular weight excluding hydrogens is 262 g/mol. The number of aliphatic hydroxyl groups excluding tert-OH is 1. The third-order valence-corrected chi connectivity index (χ3v) is 3.17. The van der Waals surface area contributed by atoms with Crippen molar-refractivity contribution in [1.29, 1.82) is 0 Å². The van der Waals surface area contributed by atoms with Crippen LogP contribution in [0.3, 0.4) is 0 Å².